The number of anilines is 1. The number of hydrogen-bond donors (Lipinski definition) is 0. The van der Waals surface area contributed by atoms with Gasteiger partial charge in [0.25, 0.3) is 0 Å². The molecule has 1 aliphatic rings. The van der Waals surface area contributed by atoms with Crippen LogP contribution in [0.3, 0.4) is 0 Å². The molecular formula is C23H26N4O3. The van der Waals surface area contributed by atoms with E-state index in [2.05, 4.69) is 22.1 Å². The molecule has 1 aliphatic heterocycles. The molecule has 0 atom stereocenters. The predicted octanol–water partition coefficient (Wildman–Crippen LogP) is 2.28. The van der Waals surface area contributed by atoms with Crippen LogP contribution in [0.25, 0.3) is 10.9 Å². The first-order chi connectivity index (χ1) is 14.6. The van der Waals surface area contributed by atoms with Gasteiger partial charge in [-0.1, -0.05) is 30.3 Å². The third-order valence-corrected chi connectivity index (χ3v) is 5.48. The Morgan fingerprint density at radius 2 is 1.83 bits per heavy atom. The normalized spacial score (nSPS) is 14.1. The number of benzene rings is 2. The highest BCUT2D eigenvalue weighted by Crippen LogP contribution is 2.23. The van der Waals surface area contributed by atoms with Gasteiger partial charge in [-0.25, -0.2) is 0 Å². The molecule has 156 valence electrons. The van der Waals surface area contributed by atoms with E-state index in [0.717, 1.165) is 43.1 Å². The summed E-state index contributed by atoms with van der Waals surface area (Å²) in [6, 6.07) is 15.6. The van der Waals surface area contributed by atoms with Crippen molar-refractivity contribution in [2.24, 2.45) is 0 Å². The number of rotatable bonds is 6. The summed E-state index contributed by atoms with van der Waals surface area (Å²) >= 11 is 0. The van der Waals surface area contributed by atoms with E-state index >= 15 is 0 Å². The number of morpholine rings is 1. The Kier molecular flexibility index (Phi) is 6.09. The van der Waals surface area contributed by atoms with Gasteiger partial charge in [-0.2, -0.15) is 5.10 Å². The van der Waals surface area contributed by atoms with Crippen molar-refractivity contribution in [1.82, 2.24) is 14.7 Å². The van der Waals surface area contributed by atoms with Crippen LogP contribution in [0.1, 0.15) is 12.0 Å². The minimum absolute atomic E-state index is 0.0383. The van der Waals surface area contributed by atoms with Crippen molar-refractivity contribution in [3.63, 3.8) is 0 Å². The van der Waals surface area contributed by atoms with Crippen LogP contribution in [-0.4, -0.2) is 53.9 Å². The zero-order valence-electron chi connectivity index (χ0n) is 17.2. The molecule has 7 heteroatoms. The fourth-order valence-electron chi connectivity index (χ4n) is 3.83. The van der Waals surface area contributed by atoms with E-state index in [1.165, 1.54) is 6.20 Å². The molecule has 7 nitrogen and oxygen atoms in total. The fourth-order valence-corrected chi connectivity index (χ4v) is 3.83. The maximum atomic E-state index is 12.8. The molecule has 0 spiro atoms. The quantitative estimate of drug-likeness (QED) is 0.628. The zero-order chi connectivity index (χ0) is 20.9. The van der Waals surface area contributed by atoms with Gasteiger partial charge in [0, 0.05) is 44.2 Å². The molecule has 0 unspecified atom stereocenters. The molecule has 0 bridgehead atoms. The van der Waals surface area contributed by atoms with Gasteiger partial charge in [-0.3, -0.25) is 14.3 Å². The monoisotopic (exact) mass is 406 g/mol. The van der Waals surface area contributed by atoms with Crippen molar-refractivity contribution in [1.29, 1.82) is 0 Å². The number of carbonyl (C=O) groups is 1. The number of aryl methyl sites for hydroxylation is 1. The van der Waals surface area contributed by atoms with E-state index in [4.69, 9.17) is 4.74 Å². The molecule has 1 aromatic heterocycles. The molecule has 4 rings (SSSR count). The summed E-state index contributed by atoms with van der Waals surface area (Å²) in [5.41, 5.74) is 2.93. The number of fused-ring (bicyclic) bond motifs is 1. The second-order valence-corrected chi connectivity index (χ2v) is 7.48. The van der Waals surface area contributed by atoms with E-state index in [0.29, 0.717) is 24.9 Å². The number of aromatic nitrogens is 2. The highest BCUT2D eigenvalue weighted by molar-refractivity contribution is 5.79. The Morgan fingerprint density at radius 3 is 2.67 bits per heavy atom. The average molecular weight is 406 g/mol. The van der Waals surface area contributed by atoms with Crippen molar-refractivity contribution >= 4 is 22.5 Å². The van der Waals surface area contributed by atoms with Crippen LogP contribution in [0.2, 0.25) is 0 Å². The number of amides is 1. The molecule has 0 radical (unpaired) electrons. The van der Waals surface area contributed by atoms with E-state index in [1.54, 1.807) is 15.6 Å². The van der Waals surface area contributed by atoms with Crippen molar-refractivity contribution in [3.8, 4) is 0 Å². The maximum Gasteiger partial charge on any atom is 0.224 e. The highest BCUT2D eigenvalue weighted by Gasteiger charge is 2.17. The fraction of sp³-hybridized carbons (Fsp3) is 0.348. The average Bonchev–Trinajstić information content (AvgIpc) is 2.79. The minimum Gasteiger partial charge on any atom is -0.378 e. The van der Waals surface area contributed by atoms with Gasteiger partial charge in [0.1, 0.15) is 0 Å². The Morgan fingerprint density at radius 1 is 1.10 bits per heavy atom. The Hall–Kier alpha value is -3.19. The first-order valence-electron chi connectivity index (χ1n) is 10.2. The molecule has 1 amide bonds. The minimum atomic E-state index is -0.106. The molecule has 2 aromatic carbocycles. The summed E-state index contributed by atoms with van der Waals surface area (Å²) in [7, 11) is 1.83. The Balaban J connectivity index is 1.43. The van der Waals surface area contributed by atoms with Gasteiger partial charge in [-0.05, 0) is 23.8 Å². The predicted molar refractivity (Wildman–Crippen MR) is 117 cm³/mol. The smallest absolute Gasteiger partial charge is 0.224 e. The second kappa shape index (κ2) is 9.09. The number of nitrogens with zero attached hydrogens (tertiary/aromatic N) is 4. The van der Waals surface area contributed by atoms with Crippen LogP contribution in [0, 0.1) is 0 Å². The van der Waals surface area contributed by atoms with E-state index in [1.807, 2.05) is 37.4 Å². The van der Waals surface area contributed by atoms with Crippen molar-refractivity contribution in [2.45, 2.75) is 19.5 Å². The first kappa shape index (κ1) is 20.1. The van der Waals surface area contributed by atoms with E-state index < -0.39 is 0 Å². The molecule has 0 saturated carbocycles. The van der Waals surface area contributed by atoms with Gasteiger partial charge in [0.2, 0.25) is 11.3 Å². The maximum absolute atomic E-state index is 12.8. The second-order valence-electron chi connectivity index (χ2n) is 7.48. The lowest BCUT2D eigenvalue weighted by atomic mass is 10.1. The lowest BCUT2D eigenvalue weighted by Crippen LogP contribution is -2.37. The highest BCUT2D eigenvalue weighted by atomic mass is 16.5. The molecule has 0 aliphatic carbocycles. The Bertz CT molecular complexity index is 1090. The number of hydrogen-bond acceptors (Lipinski definition) is 5. The summed E-state index contributed by atoms with van der Waals surface area (Å²) in [4.78, 5) is 28.8. The van der Waals surface area contributed by atoms with Crippen LogP contribution < -0.4 is 10.3 Å². The van der Waals surface area contributed by atoms with Gasteiger partial charge < -0.3 is 14.5 Å². The lowest BCUT2D eigenvalue weighted by Gasteiger charge is -2.31. The van der Waals surface area contributed by atoms with Crippen molar-refractivity contribution in [2.75, 3.05) is 38.3 Å². The molecule has 0 N–H and O–H groups in total. The van der Waals surface area contributed by atoms with Gasteiger partial charge in [0.15, 0.2) is 0 Å². The SMILES string of the molecule is CN(Cc1ccccc1N1CCOCC1)C(=O)CCn1ncc(=O)c2ccccc21. The number of ether oxygens (including phenoxy) is 1. The van der Waals surface area contributed by atoms with Crippen LogP contribution >= 0.6 is 0 Å². The van der Waals surface area contributed by atoms with Crippen LogP contribution in [0.15, 0.2) is 59.5 Å². The summed E-state index contributed by atoms with van der Waals surface area (Å²) in [5.74, 6) is 0.0383. The van der Waals surface area contributed by atoms with Crippen molar-refractivity contribution < 1.29 is 9.53 Å². The van der Waals surface area contributed by atoms with Gasteiger partial charge in [0.05, 0.1) is 31.5 Å². The van der Waals surface area contributed by atoms with Gasteiger partial charge in [-0.15, -0.1) is 0 Å². The first-order valence-corrected chi connectivity index (χ1v) is 10.2. The summed E-state index contributed by atoms with van der Waals surface area (Å²) < 4.78 is 7.18. The third-order valence-electron chi connectivity index (χ3n) is 5.48. The molecule has 1 saturated heterocycles. The lowest BCUT2D eigenvalue weighted by molar-refractivity contribution is -0.130. The van der Waals surface area contributed by atoms with Crippen LogP contribution in [-0.2, 0) is 22.6 Å². The van der Waals surface area contributed by atoms with Gasteiger partial charge >= 0.3 is 0 Å². The molecular weight excluding hydrogens is 380 g/mol. The molecule has 1 fully saturated rings. The summed E-state index contributed by atoms with van der Waals surface area (Å²) in [5, 5.41) is 4.83. The molecule has 2 heterocycles. The molecule has 3 aromatic rings. The van der Waals surface area contributed by atoms with E-state index in [-0.39, 0.29) is 11.3 Å². The standard InChI is InChI=1S/C23H26N4O3/c1-25(17-18-6-2-4-8-20(18)26-12-14-30-15-13-26)23(29)10-11-27-21-9-5-3-7-19(21)22(28)16-24-27/h2-9,16H,10-15,17H2,1H3. The van der Waals surface area contributed by atoms with Crippen molar-refractivity contribution in [3.05, 3.63) is 70.5 Å². The molecule has 30 heavy (non-hydrogen) atoms. The summed E-state index contributed by atoms with van der Waals surface area (Å²) in [6.45, 7) is 4.15. The zero-order valence-corrected chi connectivity index (χ0v) is 17.2. The largest absolute Gasteiger partial charge is 0.378 e. The number of carbonyl (C=O) groups excluding carboxylic acids is 1. The van der Waals surface area contributed by atoms with Crippen LogP contribution in [0.5, 0.6) is 0 Å². The topological polar surface area (TPSA) is 67.7 Å². The summed E-state index contributed by atoms with van der Waals surface area (Å²) in [6.07, 6.45) is 1.63. The van der Waals surface area contributed by atoms with Crippen LogP contribution in [0.4, 0.5) is 5.69 Å². The van der Waals surface area contributed by atoms with E-state index in [9.17, 15) is 9.59 Å². The number of para-hydroxylation sites is 2. The Labute approximate surface area is 175 Å². The third kappa shape index (κ3) is 4.36.